The third kappa shape index (κ3) is 5.70. The number of carbonyl (C=O) groups is 1. The minimum atomic E-state index is -0.548. The summed E-state index contributed by atoms with van der Waals surface area (Å²) in [6.07, 6.45) is 5.78. The number of benzene rings is 2. The molecule has 11 heteroatoms. The van der Waals surface area contributed by atoms with Gasteiger partial charge in [0.25, 0.3) is 0 Å². The molecule has 46 heavy (non-hydrogen) atoms. The zero-order chi connectivity index (χ0) is 32.2. The Morgan fingerprint density at radius 3 is 2.54 bits per heavy atom. The predicted molar refractivity (Wildman–Crippen MR) is 178 cm³/mol. The summed E-state index contributed by atoms with van der Waals surface area (Å²) in [4.78, 5) is 32.8. The molecule has 0 spiro atoms. The Bertz CT molecular complexity index is 1790. The van der Waals surface area contributed by atoms with Crippen molar-refractivity contribution in [1.82, 2.24) is 24.8 Å². The van der Waals surface area contributed by atoms with Gasteiger partial charge in [0.1, 0.15) is 29.2 Å². The number of hydrogen-bond donors (Lipinski definition) is 0. The first-order valence-electron chi connectivity index (χ1n) is 16.1. The van der Waals surface area contributed by atoms with Crippen molar-refractivity contribution in [3.63, 3.8) is 0 Å². The number of amides is 1. The van der Waals surface area contributed by atoms with Gasteiger partial charge >= 0.3 is 12.1 Å². The van der Waals surface area contributed by atoms with Gasteiger partial charge in [-0.2, -0.15) is 9.97 Å². The van der Waals surface area contributed by atoms with Gasteiger partial charge in [-0.3, -0.25) is 9.88 Å². The van der Waals surface area contributed by atoms with Gasteiger partial charge < -0.3 is 19.3 Å². The van der Waals surface area contributed by atoms with Gasteiger partial charge in [-0.05, 0) is 71.0 Å². The molecule has 5 heterocycles. The van der Waals surface area contributed by atoms with E-state index in [9.17, 15) is 4.79 Å². The number of carbonyl (C=O) groups excluding carboxylic acids is 1. The molecule has 0 N–H and O–H groups in total. The minimum absolute atomic E-state index is 0.0108. The Hall–Kier alpha value is -3.76. The second-order valence-electron chi connectivity index (χ2n) is 14.0. The summed E-state index contributed by atoms with van der Waals surface area (Å²) in [5.74, 6) is 0.191. The van der Waals surface area contributed by atoms with E-state index in [1.54, 1.807) is 17.2 Å². The number of pyridine rings is 1. The quantitative estimate of drug-likeness (QED) is 0.213. The van der Waals surface area contributed by atoms with Crippen molar-refractivity contribution in [2.24, 2.45) is 5.92 Å². The first-order valence-corrected chi connectivity index (χ1v) is 16.5. The second-order valence-corrected chi connectivity index (χ2v) is 14.4. The second kappa shape index (κ2) is 11.8. The zero-order valence-corrected chi connectivity index (χ0v) is 27.6. The molecule has 2 aromatic heterocycles. The molecule has 242 valence electrons. The van der Waals surface area contributed by atoms with E-state index in [4.69, 9.17) is 26.1 Å². The molecule has 7 rings (SSSR count). The normalized spacial score (nSPS) is 18.2. The first-order chi connectivity index (χ1) is 22.0. The molecule has 3 aliphatic rings. The molecule has 0 bridgehead atoms. The minimum Gasteiger partial charge on any atom is -0.461 e. The number of nitrogens with zero attached hydrogens (tertiary/aromatic N) is 6. The number of likely N-dealkylation sites (tertiary alicyclic amines) is 1. The zero-order valence-electron chi connectivity index (χ0n) is 26.9. The number of anilines is 1. The summed E-state index contributed by atoms with van der Waals surface area (Å²) < 4.78 is 28.5. The molecule has 1 amide bonds. The van der Waals surface area contributed by atoms with E-state index in [-0.39, 0.29) is 34.8 Å². The Labute approximate surface area is 273 Å². The lowest BCUT2D eigenvalue weighted by molar-refractivity contribution is 0.000177. The largest absolute Gasteiger partial charge is 0.461 e. The topological polar surface area (TPSA) is 83.9 Å². The van der Waals surface area contributed by atoms with Crippen molar-refractivity contribution < 1.29 is 18.7 Å². The van der Waals surface area contributed by atoms with Crippen molar-refractivity contribution >= 4 is 45.2 Å². The van der Waals surface area contributed by atoms with Crippen LogP contribution in [0.3, 0.4) is 0 Å². The van der Waals surface area contributed by atoms with Crippen LogP contribution >= 0.6 is 11.6 Å². The Morgan fingerprint density at radius 2 is 1.83 bits per heavy atom. The maximum atomic E-state index is 16.7. The lowest BCUT2D eigenvalue weighted by atomic mass is 9.95. The van der Waals surface area contributed by atoms with Crippen LogP contribution in [0.15, 0.2) is 42.6 Å². The fourth-order valence-corrected chi connectivity index (χ4v) is 7.64. The molecule has 3 aliphatic heterocycles. The highest BCUT2D eigenvalue weighted by Gasteiger charge is 2.45. The lowest BCUT2D eigenvalue weighted by Gasteiger charge is -2.41. The standard InChI is InChI=1S/C35H40ClFN6O3/c1-34(2,3)46-33(44)42-19-22(20-42)18-41(4)31-25-17-38-29(24-11-5-9-23-10-6-12-26(36)27(23)24)28(37)30(25)39-32(40-31)45-21-35-13-7-15-43(35)16-8-14-35/h5-6,9-12,17,22H,7-8,13-16,18-21H2,1-4H3. The molecule has 0 unspecified atom stereocenters. The van der Waals surface area contributed by atoms with E-state index in [0.717, 1.165) is 49.5 Å². The van der Waals surface area contributed by atoms with Crippen molar-refractivity contribution in [1.29, 1.82) is 0 Å². The first kappa shape index (κ1) is 30.9. The van der Waals surface area contributed by atoms with Crippen LogP contribution in [-0.2, 0) is 4.74 Å². The summed E-state index contributed by atoms with van der Waals surface area (Å²) in [5, 5.41) is 2.66. The molecular weight excluding hydrogens is 607 g/mol. The monoisotopic (exact) mass is 646 g/mol. The molecule has 0 atom stereocenters. The van der Waals surface area contributed by atoms with E-state index < -0.39 is 11.4 Å². The molecule has 0 aliphatic carbocycles. The highest BCUT2D eigenvalue weighted by atomic mass is 35.5. The Balaban J connectivity index is 1.23. The van der Waals surface area contributed by atoms with E-state index in [2.05, 4.69) is 14.9 Å². The fraction of sp³-hybridized carbons (Fsp3) is 0.486. The third-order valence-corrected chi connectivity index (χ3v) is 9.85. The number of ether oxygens (including phenoxy) is 2. The van der Waals surface area contributed by atoms with Gasteiger partial charge in [0.15, 0.2) is 5.82 Å². The van der Waals surface area contributed by atoms with E-state index in [1.165, 1.54) is 0 Å². The van der Waals surface area contributed by atoms with Crippen LogP contribution in [0.4, 0.5) is 15.0 Å². The molecule has 4 aromatic rings. The Morgan fingerprint density at radius 1 is 1.11 bits per heavy atom. The summed E-state index contributed by atoms with van der Waals surface area (Å²) >= 11 is 6.61. The SMILES string of the molecule is CN(CC1CN(C(=O)OC(C)(C)C)C1)c1nc(OCC23CCCN2CCC3)nc2c(F)c(-c3cccc4cccc(Cl)c34)ncc12. The third-order valence-electron chi connectivity index (χ3n) is 9.54. The van der Waals surface area contributed by atoms with Crippen molar-refractivity contribution in [2.45, 2.75) is 57.6 Å². The van der Waals surface area contributed by atoms with Crippen LogP contribution in [0, 0.1) is 11.7 Å². The molecule has 0 saturated carbocycles. The van der Waals surface area contributed by atoms with Crippen molar-refractivity contribution in [2.75, 3.05) is 51.3 Å². The van der Waals surface area contributed by atoms with Gasteiger partial charge in [-0.1, -0.05) is 41.9 Å². The molecule has 3 saturated heterocycles. The highest BCUT2D eigenvalue weighted by Crippen LogP contribution is 2.40. The maximum Gasteiger partial charge on any atom is 0.410 e. The molecular formula is C35H40ClFN6O3. The molecule has 2 aromatic carbocycles. The van der Waals surface area contributed by atoms with Crippen molar-refractivity contribution in [3.8, 4) is 17.3 Å². The molecule has 0 radical (unpaired) electrons. The van der Waals surface area contributed by atoms with Crippen LogP contribution < -0.4 is 9.64 Å². The summed E-state index contributed by atoms with van der Waals surface area (Å²) in [6.45, 7) is 9.95. The van der Waals surface area contributed by atoms with Crippen molar-refractivity contribution in [3.05, 3.63) is 53.4 Å². The number of hydrogen-bond acceptors (Lipinski definition) is 8. The van der Waals surface area contributed by atoms with Crippen LogP contribution in [-0.4, -0.2) is 88.4 Å². The van der Waals surface area contributed by atoms with E-state index in [0.29, 0.717) is 48.0 Å². The lowest BCUT2D eigenvalue weighted by Crippen LogP contribution is -2.54. The predicted octanol–water partition coefficient (Wildman–Crippen LogP) is 6.95. The smallest absolute Gasteiger partial charge is 0.410 e. The van der Waals surface area contributed by atoms with Crippen LogP contribution in [0.5, 0.6) is 6.01 Å². The van der Waals surface area contributed by atoms with Gasteiger partial charge in [0, 0.05) is 54.8 Å². The highest BCUT2D eigenvalue weighted by molar-refractivity contribution is 6.36. The van der Waals surface area contributed by atoms with Crippen LogP contribution in [0.25, 0.3) is 32.9 Å². The number of halogens is 2. The summed E-state index contributed by atoms with van der Waals surface area (Å²) in [5.41, 5.74) is 0.366. The van der Waals surface area contributed by atoms with Gasteiger partial charge in [-0.25, -0.2) is 9.18 Å². The Kier molecular flexibility index (Phi) is 7.92. The van der Waals surface area contributed by atoms with E-state index >= 15 is 4.39 Å². The fourth-order valence-electron chi connectivity index (χ4n) is 7.35. The number of aromatic nitrogens is 3. The van der Waals surface area contributed by atoms with E-state index in [1.807, 2.05) is 63.1 Å². The average Bonchev–Trinajstić information content (AvgIpc) is 3.57. The van der Waals surface area contributed by atoms with Crippen LogP contribution in [0.2, 0.25) is 5.02 Å². The molecule has 3 fully saturated rings. The maximum absolute atomic E-state index is 16.7. The van der Waals surface area contributed by atoms with Crippen LogP contribution in [0.1, 0.15) is 46.5 Å². The van der Waals surface area contributed by atoms with Gasteiger partial charge in [0.05, 0.1) is 10.9 Å². The average molecular weight is 647 g/mol. The number of fused-ring (bicyclic) bond motifs is 3. The van der Waals surface area contributed by atoms with Gasteiger partial charge in [-0.15, -0.1) is 0 Å². The number of rotatable bonds is 7. The van der Waals surface area contributed by atoms with Gasteiger partial charge in [0.2, 0.25) is 0 Å². The summed E-state index contributed by atoms with van der Waals surface area (Å²) in [6, 6.07) is 11.4. The summed E-state index contributed by atoms with van der Waals surface area (Å²) in [7, 11) is 1.92. The molecule has 9 nitrogen and oxygen atoms in total.